The lowest BCUT2D eigenvalue weighted by atomic mass is 9.76. The van der Waals surface area contributed by atoms with Crippen LogP contribution in [-0.4, -0.2) is 65.9 Å². The predicted octanol–water partition coefficient (Wildman–Crippen LogP) is 2.64. The normalized spacial score (nSPS) is 17.8. The maximum absolute atomic E-state index is 14.2. The summed E-state index contributed by atoms with van der Waals surface area (Å²) in [4.78, 5) is 44.6. The van der Waals surface area contributed by atoms with Crippen molar-refractivity contribution in [1.29, 1.82) is 0 Å². The van der Waals surface area contributed by atoms with Gasteiger partial charge in [0.25, 0.3) is 11.8 Å². The minimum Gasteiger partial charge on any atom is -0.484 e. The maximum atomic E-state index is 14.2. The minimum atomic E-state index is -1.02. The van der Waals surface area contributed by atoms with Gasteiger partial charge in [-0.15, -0.1) is 0 Å². The number of methoxy groups -OCH3 is 1. The molecule has 1 aliphatic rings. The quantitative estimate of drug-likeness (QED) is 0.284. The summed E-state index contributed by atoms with van der Waals surface area (Å²) in [5, 5.41) is 14.3. The Bertz CT molecular complexity index is 1570. The van der Waals surface area contributed by atoms with Gasteiger partial charge in [0.2, 0.25) is 5.91 Å². The van der Waals surface area contributed by atoms with E-state index in [1.165, 1.54) is 0 Å². The number of ether oxygens (including phenoxy) is 2. The molecule has 1 atom stereocenters. The van der Waals surface area contributed by atoms with E-state index < -0.39 is 5.41 Å². The Balaban J connectivity index is 1.53. The zero-order valence-corrected chi connectivity index (χ0v) is 24.2. The van der Waals surface area contributed by atoms with Gasteiger partial charge in [-0.25, -0.2) is 0 Å². The van der Waals surface area contributed by atoms with Crippen LogP contribution in [0.1, 0.15) is 34.5 Å². The molecule has 0 saturated carbocycles. The summed E-state index contributed by atoms with van der Waals surface area (Å²) >= 11 is 0. The second-order valence-corrected chi connectivity index (χ2v) is 10.6. The zero-order valence-electron chi connectivity index (χ0n) is 24.2. The van der Waals surface area contributed by atoms with Crippen LogP contribution in [0, 0.1) is 5.41 Å². The highest BCUT2D eigenvalue weighted by Crippen LogP contribution is 2.31. The van der Waals surface area contributed by atoms with E-state index in [9.17, 15) is 14.4 Å². The molecule has 5 rings (SSSR count). The van der Waals surface area contributed by atoms with Gasteiger partial charge in [-0.1, -0.05) is 30.3 Å². The molecule has 2 aromatic carbocycles. The van der Waals surface area contributed by atoms with E-state index in [1.807, 2.05) is 54.6 Å². The summed E-state index contributed by atoms with van der Waals surface area (Å²) in [7, 11) is 1.63. The van der Waals surface area contributed by atoms with Crippen LogP contribution in [0.4, 0.5) is 0 Å². The number of hydrogen-bond acceptors (Lipinski definition) is 7. The van der Waals surface area contributed by atoms with Gasteiger partial charge in [-0.2, -0.15) is 5.10 Å². The first-order valence-corrected chi connectivity index (χ1v) is 14.4. The smallest absolute Gasteiger partial charge is 0.270 e. The molecule has 4 aromatic rings. The zero-order chi connectivity index (χ0) is 30.1. The number of amides is 3. The van der Waals surface area contributed by atoms with Crippen LogP contribution in [-0.2, 0) is 33.8 Å². The summed E-state index contributed by atoms with van der Waals surface area (Å²) in [6.45, 7) is 1.24. The van der Waals surface area contributed by atoms with Crippen molar-refractivity contribution in [2.45, 2.75) is 32.4 Å². The van der Waals surface area contributed by atoms with Gasteiger partial charge in [-0.05, 0) is 60.7 Å². The number of carbonyl (C=O) groups excluding carboxylic acids is 3. The van der Waals surface area contributed by atoms with Crippen molar-refractivity contribution >= 4 is 28.6 Å². The van der Waals surface area contributed by atoms with Gasteiger partial charge < -0.3 is 25.4 Å². The number of nitrogens with one attached hydrogen (secondary N) is 3. The number of fused-ring (bicyclic) bond motifs is 5. The Morgan fingerprint density at radius 1 is 1.09 bits per heavy atom. The van der Waals surface area contributed by atoms with Gasteiger partial charge >= 0.3 is 0 Å². The monoisotopic (exact) mass is 584 g/mol. The molecule has 0 aliphatic carbocycles. The molecule has 0 saturated heterocycles. The van der Waals surface area contributed by atoms with E-state index in [0.29, 0.717) is 54.8 Å². The molecule has 11 heteroatoms. The predicted molar refractivity (Wildman–Crippen MR) is 160 cm³/mol. The highest BCUT2D eigenvalue weighted by atomic mass is 16.5. The summed E-state index contributed by atoms with van der Waals surface area (Å²) in [5.74, 6) is -0.301. The molecule has 1 aliphatic heterocycles. The van der Waals surface area contributed by atoms with Gasteiger partial charge in [0, 0.05) is 51.1 Å². The number of aromatic nitrogens is 3. The molecule has 0 spiro atoms. The maximum Gasteiger partial charge on any atom is 0.270 e. The molecule has 3 N–H and O–H groups in total. The van der Waals surface area contributed by atoms with Crippen molar-refractivity contribution in [3.8, 4) is 5.75 Å². The van der Waals surface area contributed by atoms with Crippen LogP contribution in [0.3, 0.4) is 0 Å². The Hall–Kier alpha value is -4.77. The Morgan fingerprint density at radius 3 is 2.77 bits per heavy atom. The molecule has 2 aromatic heterocycles. The molecule has 2 bridgehead atoms. The number of carbonyl (C=O) groups is 3. The van der Waals surface area contributed by atoms with Crippen molar-refractivity contribution in [2.75, 3.05) is 33.4 Å². The third-order valence-electron chi connectivity index (χ3n) is 7.59. The summed E-state index contributed by atoms with van der Waals surface area (Å²) < 4.78 is 12.7. The second kappa shape index (κ2) is 13.9. The van der Waals surface area contributed by atoms with Crippen LogP contribution >= 0.6 is 0 Å². The Labute approximate surface area is 250 Å². The minimum absolute atomic E-state index is 0.0824. The molecular weight excluding hydrogens is 548 g/mol. The lowest BCUT2D eigenvalue weighted by Gasteiger charge is -2.33. The molecule has 1 unspecified atom stereocenters. The lowest BCUT2D eigenvalue weighted by molar-refractivity contribution is -0.131. The average molecular weight is 585 g/mol. The molecule has 3 amide bonds. The third-order valence-corrected chi connectivity index (χ3v) is 7.59. The highest BCUT2D eigenvalue weighted by Gasteiger charge is 2.39. The third kappa shape index (κ3) is 7.36. The van der Waals surface area contributed by atoms with Crippen LogP contribution in [0.5, 0.6) is 5.75 Å². The second-order valence-electron chi connectivity index (χ2n) is 10.6. The van der Waals surface area contributed by atoms with Crippen LogP contribution < -0.4 is 20.7 Å². The first-order chi connectivity index (χ1) is 21.0. The van der Waals surface area contributed by atoms with E-state index in [-0.39, 0.29) is 44.0 Å². The van der Waals surface area contributed by atoms with Crippen molar-refractivity contribution in [1.82, 2.24) is 30.7 Å². The molecular formula is C32H36N6O5. The molecule has 3 heterocycles. The van der Waals surface area contributed by atoms with E-state index >= 15 is 0 Å². The number of benzene rings is 2. The van der Waals surface area contributed by atoms with Crippen LogP contribution in [0.15, 0.2) is 73.1 Å². The molecule has 0 radical (unpaired) electrons. The van der Waals surface area contributed by atoms with Crippen molar-refractivity contribution in [3.63, 3.8) is 0 Å². The van der Waals surface area contributed by atoms with Gasteiger partial charge in [0.15, 0.2) is 6.61 Å². The fourth-order valence-corrected chi connectivity index (χ4v) is 5.39. The summed E-state index contributed by atoms with van der Waals surface area (Å²) in [6.07, 6.45) is 4.74. The topological polar surface area (TPSA) is 136 Å². The van der Waals surface area contributed by atoms with Gasteiger partial charge in [0.1, 0.15) is 11.4 Å². The Morgan fingerprint density at radius 2 is 1.93 bits per heavy atom. The molecule has 0 fully saturated rings. The average Bonchev–Trinajstić information content (AvgIpc) is 3.40. The fourth-order valence-electron chi connectivity index (χ4n) is 5.39. The van der Waals surface area contributed by atoms with E-state index in [4.69, 9.17) is 9.47 Å². The first-order valence-electron chi connectivity index (χ1n) is 14.4. The number of pyridine rings is 1. The van der Waals surface area contributed by atoms with Crippen molar-refractivity contribution in [3.05, 3.63) is 89.9 Å². The SMILES string of the molecule is COCCCC1(C(=O)NCc2ccncc2)CNC(=O)c2c3ccccc3nn2CCNC(=O)COc2cccc(c2)C1. The van der Waals surface area contributed by atoms with E-state index in [2.05, 4.69) is 26.0 Å². The van der Waals surface area contributed by atoms with Crippen LogP contribution in [0.25, 0.3) is 10.9 Å². The van der Waals surface area contributed by atoms with E-state index in [1.54, 1.807) is 30.3 Å². The largest absolute Gasteiger partial charge is 0.484 e. The van der Waals surface area contributed by atoms with Crippen LogP contribution in [0.2, 0.25) is 0 Å². The summed E-state index contributed by atoms with van der Waals surface area (Å²) in [5.41, 5.74) is 1.77. The number of hydrogen-bond donors (Lipinski definition) is 3. The standard InChI is InChI=1S/C32H36N6O5/c1-42-17-5-12-32(31(41)35-20-23-10-13-33-14-11-23)19-24-6-4-7-25(18-24)43-21-28(39)34-15-16-38-29(30(40)36-22-32)26-8-2-3-9-27(26)37-38/h2-4,6-11,13-14,18H,5,12,15-17,19-22H2,1H3,(H,34,39)(H,35,41)(H,36,40). The fraction of sp³-hybridized carbons (Fsp3) is 0.344. The lowest BCUT2D eigenvalue weighted by Crippen LogP contribution is -2.50. The Kier molecular flexibility index (Phi) is 9.63. The molecule has 224 valence electrons. The number of rotatable bonds is 7. The number of nitrogens with zero attached hydrogens (tertiary/aromatic N) is 3. The summed E-state index contributed by atoms with van der Waals surface area (Å²) in [6, 6.07) is 18.5. The van der Waals surface area contributed by atoms with E-state index in [0.717, 1.165) is 11.1 Å². The molecule has 43 heavy (non-hydrogen) atoms. The molecule has 11 nitrogen and oxygen atoms in total. The van der Waals surface area contributed by atoms with Crippen molar-refractivity contribution < 1.29 is 23.9 Å². The van der Waals surface area contributed by atoms with Crippen molar-refractivity contribution in [2.24, 2.45) is 5.41 Å². The highest BCUT2D eigenvalue weighted by molar-refractivity contribution is 6.05. The first kappa shape index (κ1) is 29.7. The van der Waals surface area contributed by atoms with Gasteiger partial charge in [-0.3, -0.25) is 24.0 Å². The van der Waals surface area contributed by atoms with Gasteiger partial charge in [0.05, 0.1) is 17.5 Å².